The lowest BCUT2D eigenvalue weighted by molar-refractivity contribution is -0.138. The number of guanidine groups is 1. The van der Waals surface area contributed by atoms with Crippen molar-refractivity contribution < 1.29 is 62.6 Å². The highest BCUT2D eigenvalue weighted by Gasteiger charge is 2.39. The molecule has 94 heavy (non-hydrogen) atoms. The predicted molar refractivity (Wildman–Crippen MR) is 351 cm³/mol. The van der Waals surface area contributed by atoms with Crippen molar-refractivity contribution in [2.45, 2.75) is 146 Å². The van der Waals surface area contributed by atoms with E-state index >= 15 is 14.4 Å². The molecule has 0 bridgehead atoms. The molecule has 11 amide bonds. The highest BCUT2D eigenvalue weighted by atomic mass is 33.1. The van der Waals surface area contributed by atoms with Crippen LogP contribution in [0.15, 0.2) is 78.3 Å². The highest BCUT2D eigenvalue weighted by Crippen LogP contribution is 2.26. The van der Waals surface area contributed by atoms with Crippen LogP contribution < -0.4 is 70.8 Å². The second-order valence-corrected chi connectivity index (χ2v) is 25.9. The van der Waals surface area contributed by atoms with Crippen molar-refractivity contribution in [2.24, 2.45) is 39.8 Å². The second kappa shape index (κ2) is 36.9. The van der Waals surface area contributed by atoms with E-state index < -0.39 is 144 Å². The molecular weight excluding hydrogens is 1260 g/mol. The summed E-state index contributed by atoms with van der Waals surface area (Å²) in [6, 6.07) is 2.88. The number of unbranched alkanes of at least 4 members (excludes halogenated alkanes) is 1. The monoisotopic (exact) mass is 1340 g/mol. The summed E-state index contributed by atoms with van der Waals surface area (Å²) in [6.45, 7) is 4.89. The lowest BCUT2D eigenvalue weighted by Crippen LogP contribution is -2.61. The van der Waals surface area contributed by atoms with Gasteiger partial charge < -0.3 is 90.8 Å². The number of hydrogen-bond donors (Lipinski definition) is 16. The summed E-state index contributed by atoms with van der Waals surface area (Å²) >= 11 is 0. The van der Waals surface area contributed by atoms with Crippen molar-refractivity contribution in [3.63, 3.8) is 0 Å². The Hall–Kier alpha value is -9.24. The summed E-state index contributed by atoms with van der Waals surface area (Å²) in [7, 11) is 1.92. The molecule has 2 aromatic heterocycles. The summed E-state index contributed by atoms with van der Waals surface area (Å²) < 4.78 is 0. The van der Waals surface area contributed by atoms with E-state index in [2.05, 4.69) is 67.8 Å². The molecule has 2 aromatic carbocycles. The molecule has 31 nitrogen and oxygen atoms in total. The molecule has 4 heterocycles. The molecule has 33 heteroatoms. The molecule has 510 valence electrons. The van der Waals surface area contributed by atoms with E-state index in [1.807, 2.05) is 0 Å². The summed E-state index contributed by atoms with van der Waals surface area (Å²) in [5.41, 5.74) is 24.9. The quantitative estimate of drug-likeness (QED) is 0.0144. The number of para-hydroxylation sites is 1. The van der Waals surface area contributed by atoms with Gasteiger partial charge in [0.1, 0.15) is 54.4 Å². The number of carbonyl (C=O) groups excluding carboxylic acids is 11. The van der Waals surface area contributed by atoms with Crippen molar-refractivity contribution in [1.29, 1.82) is 0 Å². The van der Waals surface area contributed by atoms with Crippen LogP contribution in [0, 0.1) is 11.8 Å². The number of carboxylic acid groups (broad SMARTS) is 1. The number of amides is 11. The topological polar surface area (TPSA) is 497 Å². The Balaban J connectivity index is 1.43. The van der Waals surface area contributed by atoms with Crippen molar-refractivity contribution in [2.75, 3.05) is 37.7 Å². The zero-order valence-electron chi connectivity index (χ0n) is 52.6. The number of nitrogens with zero attached hydrogens (tertiary/aromatic N) is 3. The van der Waals surface area contributed by atoms with E-state index in [0.29, 0.717) is 40.6 Å². The summed E-state index contributed by atoms with van der Waals surface area (Å²) in [4.78, 5) is 184. The zero-order chi connectivity index (χ0) is 68.4. The van der Waals surface area contributed by atoms with Gasteiger partial charge in [-0.3, -0.25) is 62.5 Å². The first-order valence-corrected chi connectivity index (χ1v) is 33.5. The number of imidazole rings is 1. The van der Waals surface area contributed by atoms with Crippen LogP contribution in [-0.4, -0.2) is 194 Å². The van der Waals surface area contributed by atoms with E-state index in [9.17, 15) is 48.3 Å². The average molecular weight is 1340 g/mol. The Morgan fingerprint density at radius 2 is 1.33 bits per heavy atom. The molecule has 6 rings (SSSR count). The van der Waals surface area contributed by atoms with E-state index in [0.717, 1.165) is 28.5 Å². The first-order valence-electron chi connectivity index (χ1n) is 31.0. The number of aromatic amines is 2. The Labute approximate surface area is 550 Å². The number of nitrogens with one attached hydrogen (secondary N) is 11. The maximum absolute atomic E-state index is 15.3. The lowest BCUT2D eigenvalue weighted by atomic mass is 10.0. The fourth-order valence-corrected chi connectivity index (χ4v) is 13.0. The summed E-state index contributed by atoms with van der Waals surface area (Å²) in [5, 5.41) is 34.8. The normalized spacial score (nSPS) is 22.0. The van der Waals surface area contributed by atoms with Gasteiger partial charge in [-0.2, -0.15) is 0 Å². The van der Waals surface area contributed by atoms with Gasteiger partial charge >= 0.3 is 5.97 Å². The molecule has 0 saturated carbocycles. The smallest absolute Gasteiger partial charge is 0.303 e. The third-order valence-electron chi connectivity index (χ3n) is 15.7. The Morgan fingerprint density at radius 3 is 1.97 bits per heavy atom. The first kappa shape index (κ1) is 73.8. The molecule has 2 fully saturated rings. The number of rotatable bonds is 25. The number of carboxylic acids is 1. The molecule has 2 saturated heterocycles. The Kier molecular flexibility index (Phi) is 28.9. The van der Waals surface area contributed by atoms with Gasteiger partial charge in [-0.25, -0.2) is 4.98 Å². The Morgan fingerprint density at radius 1 is 0.713 bits per heavy atom. The van der Waals surface area contributed by atoms with E-state index in [4.69, 9.17) is 22.9 Å². The standard InChI is InChI=1S/C61H86N18O13S2/c1-33(2)50(51(63)83)78-52(84)36-20-23-79(29-36)60(92)43(16-9-10-21-62)73-59(91)48-31-94-93-30-47(70-34(3)80)58(90)72-42(18-19-49(81)82)54(86)76-46(26-38-28-66-32-69-38)57(89)74-44(24-35-12-5-4-6-13-35)55(87)71-41(17-11-22-67-61(64)65)53(85)75-45(56(88)77-48)25-37-27-68-40-15-8-7-14-39(37)40/h4-8,12-15,27-28,32-33,36,41-48,50,68H,9-11,16-26,29-31,62H2,1-3H3,(H2,63,83)(H,66,69)(H,70,80)(H,71,87)(H,72,90)(H,73,91)(H,74,89)(H,75,85)(H,76,86)(H,77,88)(H,78,84)(H,81,82)(H4,64,65,67)/t36-,41-,42-,43-,44-,45-,46-,47-,48-,50-/m0/s1. The number of nitrogens with two attached hydrogens (primary N) is 4. The van der Waals surface area contributed by atoms with E-state index in [1.165, 1.54) is 17.4 Å². The van der Waals surface area contributed by atoms with Crippen LogP contribution in [0.25, 0.3) is 10.9 Å². The van der Waals surface area contributed by atoms with E-state index in [-0.39, 0.29) is 94.5 Å². The molecule has 0 aliphatic carbocycles. The lowest BCUT2D eigenvalue weighted by Gasteiger charge is -2.28. The number of aromatic nitrogens is 3. The summed E-state index contributed by atoms with van der Waals surface area (Å²) in [6.07, 6.45) is 3.64. The molecule has 0 radical (unpaired) electrons. The van der Waals surface area contributed by atoms with Crippen LogP contribution in [0.2, 0.25) is 0 Å². The highest BCUT2D eigenvalue weighted by molar-refractivity contribution is 8.76. The third-order valence-corrected chi connectivity index (χ3v) is 18.1. The van der Waals surface area contributed by atoms with Gasteiger partial charge in [0.15, 0.2) is 5.96 Å². The van der Waals surface area contributed by atoms with Crippen molar-refractivity contribution in [3.05, 3.63) is 90.1 Å². The molecule has 2 aliphatic heterocycles. The van der Waals surface area contributed by atoms with Gasteiger partial charge in [0.25, 0.3) is 0 Å². The Bertz CT molecular complexity index is 3310. The number of carbonyl (C=O) groups is 12. The molecule has 20 N–H and O–H groups in total. The zero-order valence-corrected chi connectivity index (χ0v) is 54.2. The number of likely N-dealkylation sites (tertiary alicyclic amines) is 1. The number of hydrogen-bond acceptors (Lipinski definition) is 17. The first-order chi connectivity index (χ1) is 44.9. The number of primary amides is 1. The van der Waals surface area contributed by atoms with Gasteiger partial charge in [-0.15, -0.1) is 0 Å². The van der Waals surface area contributed by atoms with Crippen LogP contribution in [0.1, 0.15) is 89.0 Å². The minimum absolute atomic E-state index is 0.00852. The summed E-state index contributed by atoms with van der Waals surface area (Å²) in [5.74, 6) is -12.0. The van der Waals surface area contributed by atoms with Crippen molar-refractivity contribution in [1.82, 2.24) is 67.7 Å². The van der Waals surface area contributed by atoms with Crippen LogP contribution >= 0.6 is 21.6 Å². The maximum atomic E-state index is 15.3. The minimum atomic E-state index is -1.64. The number of fused-ring (bicyclic) bond motifs is 1. The maximum Gasteiger partial charge on any atom is 0.303 e. The molecule has 4 aromatic rings. The predicted octanol–water partition coefficient (Wildman–Crippen LogP) is -2.27. The van der Waals surface area contributed by atoms with Crippen molar-refractivity contribution in [3.8, 4) is 0 Å². The van der Waals surface area contributed by atoms with Gasteiger partial charge in [0, 0.05) is 92.7 Å². The fourth-order valence-electron chi connectivity index (χ4n) is 10.7. The minimum Gasteiger partial charge on any atom is -0.481 e. The number of benzene rings is 2. The molecule has 0 spiro atoms. The third kappa shape index (κ3) is 23.1. The average Bonchev–Trinajstić information content (AvgIpc) is 1.69. The number of H-pyrrole nitrogens is 2. The van der Waals surface area contributed by atoms with Gasteiger partial charge in [0.2, 0.25) is 65.0 Å². The molecule has 10 atom stereocenters. The second-order valence-electron chi connectivity index (χ2n) is 23.4. The van der Waals surface area contributed by atoms with Crippen LogP contribution in [-0.2, 0) is 76.8 Å². The van der Waals surface area contributed by atoms with Crippen LogP contribution in [0.5, 0.6) is 0 Å². The van der Waals surface area contributed by atoms with Crippen molar-refractivity contribution >= 4 is 109 Å². The number of aliphatic carboxylic acids is 1. The van der Waals surface area contributed by atoms with Gasteiger partial charge in [0.05, 0.1) is 12.2 Å². The molecule has 2 aliphatic rings. The molecule has 0 unspecified atom stereocenters. The van der Waals surface area contributed by atoms with Gasteiger partial charge in [-0.05, 0) is 74.6 Å². The van der Waals surface area contributed by atoms with Crippen LogP contribution in [0.4, 0.5) is 0 Å². The largest absolute Gasteiger partial charge is 0.481 e. The van der Waals surface area contributed by atoms with Crippen LogP contribution in [0.3, 0.4) is 0 Å². The van der Waals surface area contributed by atoms with Gasteiger partial charge in [-0.1, -0.05) is 84.0 Å². The molecular formula is C61H86N18O13S2. The fraction of sp³-hybridized carbons (Fsp3) is 0.508. The van der Waals surface area contributed by atoms with E-state index in [1.54, 1.807) is 74.6 Å². The SMILES string of the molecule is CC(=O)N[C@H]1CSSC[C@@H](C(=O)N[C@@H](CCCCN)C(=O)N2CC[C@H](C(=O)N[C@H](C(N)=O)C(C)C)C2)NC(=O)[C@H](Cc2c[nH]c3ccccc23)NC(=O)[C@H](CCCN=C(N)N)NC(=O)[C@H](Cc2ccccc2)NC(=O)[C@H](Cc2cnc[nH]2)NC(=O)[C@H](CCC(=O)O)NC1=O. The number of aliphatic imine (C=N–C) groups is 1.